The van der Waals surface area contributed by atoms with Crippen LogP contribution < -0.4 is 9.47 Å². The molecule has 0 radical (unpaired) electrons. The van der Waals surface area contributed by atoms with Crippen LogP contribution in [-0.2, 0) is 13.0 Å². The van der Waals surface area contributed by atoms with Crippen LogP contribution in [0.1, 0.15) is 41.3 Å². The lowest BCUT2D eigenvalue weighted by Gasteiger charge is -2.32. The maximum absolute atomic E-state index is 13.4. The monoisotopic (exact) mass is 581 g/mol. The number of β-amino-alcohol motifs (C(OH)–C–C–N with tert-alkyl or cyclic N) is 2. The van der Waals surface area contributed by atoms with E-state index >= 15 is 0 Å². The second-order valence-electron chi connectivity index (χ2n) is 10.6. The molecule has 2 atom stereocenters. The molecule has 10 heteroatoms. The Morgan fingerprint density at radius 1 is 1.03 bits per heavy atom. The lowest BCUT2D eigenvalue weighted by Crippen LogP contribution is -2.45. The average molecular weight is 583 g/mol. The van der Waals surface area contributed by atoms with Crippen molar-refractivity contribution < 1.29 is 24.5 Å². The van der Waals surface area contributed by atoms with Crippen LogP contribution in [0.15, 0.2) is 42.5 Å². The van der Waals surface area contributed by atoms with E-state index in [-0.39, 0.29) is 56.1 Å². The van der Waals surface area contributed by atoms with Crippen LogP contribution in [0.5, 0.6) is 11.5 Å². The number of halogens is 2. The Labute approximate surface area is 243 Å². The summed E-state index contributed by atoms with van der Waals surface area (Å²) in [5.74, 6) is 1.13. The van der Waals surface area contributed by atoms with Gasteiger partial charge in [-0.2, -0.15) is 0 Å². The third kappa shape index (κ3) is 7.99. The number of nitrogens with zero attached hydrogens (tertiary/aromatic N) is 3. The molecular weight excluding hydrogens is 541 g/mol. The number of amides is 1. The first-order valence-corrected chi connectivity index (χ1v) is 13.6. The van der Waals surface area contributed by atoms with E-state index < -0.39 is 6.10 Å². The fourth-order valence-corrected chi connectivity index (χ4v) is 5.73. The smallest absolute Gasteiger partial charge is 0.257 e. The number of carbonyl (C=O) groups excluding carboxylic acids is 1. The van der Waals surface area contributed by atoms with Gasteiger partial charge in [0.05, 0.1) is 24.8 Å². The minimum Gasteiger partial charge on any atom is -0.490 e. The topological polar surface area (TPSA) is 85.7 Å². The van der Waals surface area contributed by atoms with Crippen LogP contribution in [-0.4, -0.2) is 102 Å². The Balaban J connectivity index is 0.00000210. The number of hydrogen-bond acceptors (Lipinski definition) is 7. The molecule has 39 heavy (non-hydrogen) atoms. The van der Waals surface area contributed by atoms with Gasteiger partial charge in [0, 0.05) is 51.9 Å². The molecule has 3 heterocycles. The van der Waals surface area contributed by atoms with Gasteiger partial charge < -0.3 is 29.5 Å². The largest absolute Gasteiger partial charge is 0.490 e. The molecule has 1 fully saturated rings. The fraction of sp³-hybridized carbons (Fsp3) is 0.552. The summed E-state index contributed by atoms with van der Waals surface area (Å²) in [7, 11) is 0. The molecule has 1 saturated heterocycles. The van der Waals surface area contributed by atoms with Crippen molar-refractivity contribution in [3.63, 3.8) is 0 Å². The minimum atomic E-state index is -0.637. The van der Waals surface area contributed by atoms with Crippen LogP contribution in [0.2, 0.25) is 0 Å². The molecule has 5 rings (SSSR count). The highest BCUT2D eigenvalue weighted by Gasteiger charge is 2.30. The number of likely N-dealkylation sites (tertiary alicyclic amines) is 1. The molecule has 0 bridgehead atoms. The van der Waals surface area contributed by atoms with Crippen LogP contribution in [0.4, 0.5) is 0 Å². The Bertz CT molecular complexity index is 1080. The van der Waals surface area contributed by atoms with Crippen molar-refractivity contribution in [2.45, 2.75) is 51.0 Å². The van der Waals surface area contributed by atoms with E-state index in [0.29, 0.717) is 36.7 Å². The van der Waals surface area contributed by atoms with Crippen LogP contribution >= 0.6 is 24.8 Å². The zero-order valence-electron chi connectivity index (χ0n) is 22.5. The predicted octanol–water partition coefficient (Wildman–Crippen LogP) is 3.01. The molecule has 0 spiro atoms. The number of hydrogen-bond donors (Lipinski definition) is 2. The van der Waals surface area contributed by atoms with Gasteiger partial charge >= 0.3 is 0 Å². The molecule has 1 amide bonds. The summed E-state index contributed by atoms with van der Waals surface area (Å²) in [6.45, 7) is 7.62. The molecule has 2 N–H and O–H groups in total. The van der Waals surface area contributed by atoms with Gasteiger partial charge in [-0.3, -0.25) is 9.69 Å². The van der Waals surface area contributed by atoms with Gasteiger partial charge in [-0.1, -0.05) is 24.3 Å². The van der Waals surface area contributed by atoms with Gasteiger partial charge in [0.25, 0.3) is 5.91 Å². The number of fused-ring (bicyclic) bond motifs is 2. The number of ether oxygens (including phenoxy) is 2. The number of rotatable bonds is 8. The molecule has 2 aromatic rings. The standard InChI is InChI=1S/C29H39N3O5.2ClH/c1-21-17-32(20-24(34)19-31-11-8-22-4-2-3-5-23(22)18-31)29(35)27-7-6-26(16-28(27)36-21)37-25-9-12-30(13-10-25)14-15-33;;/h2-7,16,21,24-25,33-34H,8-15,17-20H2,1H3;2*1H/t21-,24?;;/m1../s1. The molecule has 216 valence electrons. The molecule has 0 aromatic heterocycles. The molecular formula is C29H41Cl2N3O5. The summed E-state index contributed by atoms with van der Waals surface area (Å²) in [5.41, 5.74) is 3.21. The van der Waals surface area contributed by atoms with E-state index in [1.54, 1.807) is 11.0 Å². The molecule has 8 nitrogen and oxygen atoms in total. The van der Waals surface area contributed by atoms with E-state index in [1.807, 2.05) is 19.1 Å². The fourth-order valence-electron chi connectivity index (χ4n) is 5.73. The highest BCUT2D eigenvalue weighted by atomic mass is 35.5. The molecule has 3 aliphatic heterocycles. The van der Waals surface area contributed by atoms with Gasteiger partial charge in [-0.15, -0.1) is 24.8 Å². The lowest BCUT2D eigenvalue weighted by molar-refractivity contribution is 0.0454. The van der Waals surface area contributed by atoms with Crippen molar-refractivity contribution in [3.8, 4) is 11.5 Å². The van der Waals surface area contributed by atoms with Gasteiger partial charge in [0.2, 0.25) is 0 Å². The van der Waals surface area contributed by atoms with Crippen LogP contribution in [0.25, 0.3) is 0 Å². The Kier molecular flexibility index (Phi) is 11.7. The highest BCUT2D eigenvalue weighted by Crippen LogP contribution is 2.31. The minimum absolute atomic E-state index is 0. The second-order valence-corrected chi connectivity index (χ2v) is 10.6. The summed E-state index contributed by atoms with van der Waals surface area (Å²) in [6, 6.07) is 13.9. The number of aliphatic hydroxyl groups excluding tert-OH is 2. The Hall–Kier alpha value is -2.07. The van der Waals surface area contributed by atoms with E-state index in [1.165, 1.54) is 11.1 Å². The third-order valence-electron chi connectivity index (χ3n) is 7.64. The quantitative estimate of drug-likeness (QED) is 0.495. The Morgan fingerprint density at radius 2 is 1.77 bits per heavy atom. The molecule has 3 aliphatic rings. The summed E-state index contributed by atoms with van der Waals surface area (Å²) >= 11 is 0. The zero-order valence-corrected chi connectivity index (χ0v) is 24.2. The van der Waals surface area contributed by atoms with Crippen molar-refractivity contribution in [1.82, 2.24) is 14.7 Å². The summed E-state index contributed by atoms with van der Waals surface area (Å²) in [4.78, 5) is 19.7. The summed E-state index contributed by atoms with van der Waals surface area (Å²) in [6.07, 6.45) is 2.07. The zero-order chi connectivity index (χ0) is 25.8. The van der Waals surface area contributed by atoms with Gasteiger partial charge in [-0.25, -0.2) is 0 Å². The van der Waals surface area contributed by atoms with Gasteiger partial charge in [0.1, 0.15) is 23.7 Å². The normalized spacial score (nSPS) is 20.9. The van der Waals surface area contributed by atoms with Crippen molar-refractivity contribution in [2.75, 3.05) is 52.4 Å². The van der Waals surface area contributed by atoms with Gasteiger partial charge in [0.15, 0.2) is 0 Å². The Morgan fingerprint density at radius 3 is 2.51 bits per heavy atom. The van der Waals surface area contributed by atoms with Crippen molar-refractivity contribution in [2.24, 2.45) is 0 Å². The highest BCUT2D eigenvalue weighted by molar-refractivity contribution is 5.97. The molecule has 2 aromatic carbocycles. The second kappa shape index (κ2) is 14.5. The third-order valence-corrected chi connectivity index (χ3v) is 7.64. The van der Waals surface area contributed by atoms with Crippen molar-refractivity contribution in [1.29, 1.82) is 0 Å². The van der Waals surface area contributed by atoms with E-state index in [0.717, 1.165) is 45.4 Å². The van der Waals surface area contributed by atoms with Crippen LogP contribution in [0.3, 0.4) is 0 Å². The maximum Gasteiger partial charge on any atom is 0.257 e. The average Bonchev–Trinajstić information content (AvgIpc) is 3.00. The van der Waals surface area contributed by atoms with Crippen molar-refractivity contribution >= 4 is 30.7 Å². The first-order valence-electron chi connectivity index (χ1n) is 13.6. The van der Waals surface area contributed by atoms with E-state index in [4.69, 9.17) is 14.6 Å². The summed E-state index contributed by atoms with van der Waals surface area (Å²) in [5, 5.41) is 20.0. The number of piperidine rings is 1. The number of aliphatic hydroxyl groups is 2. The molecule has 1 unspecified atom stereocenters. The maximum atomic E-state index is 13.4. The lowest BCUT2D eigenvalue weighted by atomic mass is 10.00. The molecule has 0 aliphatic carbocycles. The van der Waals surface area contributed by atoms with E-state index in [9.17, 15) is 9.90 Å². The van der Waals surface area contributed by atoms with E-state index in [2.05, 4.69) is 34.1 Å². The summed E-state index contributed by atoms with van der Waals surface area (Å²) < 4.78 is 12.4. The van der Waals surface area contributed by atoms with Crippen molar-refractivity contribution in [3.05, 3.63) is 59.2 Å². The van der Waals surface area contributed by atoms with Gasteiger partial charge in [-0.05, 0) is 49.4 Å². The molecule has 0 saturated carbocycles. The first-order chi connectivity index (χ1) is 18.0. The SMILES string of the molecule is C[C@@H]1CN(CC(O)CN2CCc3ccccc3C2)C(=O)c2ccc(OC3CCN(CCO)CC3)cc2O1.Cl.Cl. The number of benzene rings is 2. The number of carbonyl (C=O) groups is 1. The first kappa shape index (κ1) is 31.5. The van der Waals surface area contributed by atoms with Crippen LogP contribution in [0, 0.1) is 0 Å². The predicted molar refractivity (Wildman–Crippen MR) is 156 cm³/mol.